The van der Waals surface area contributed by atoms with Gasteiger partial charge in [0.15, 0.2) is 0 Å². The molecule has 0 saturated heterocycles. The zero-order chi connectivity index (χ0) is 18.4. The van der Waals surface area contributed by atoms with Gasteiger partial charge in [0.1, 0.15) is 0 Å². The molecule has 1 heterocycles. The van der Waals surface area contributed by atoms with Crippen LogP contribution < -0.4 is 0 Å². The number of aromatic nitrogens is 2. The van der Waals surface area contributed by atoms with Crippen LogP contribution in [0.3, 0.4) is 0 Å². The van der Waals surface area contributed by atoms with E-state index in [0.717, 1.165) is 27.6 Å². The van der Waals surface area contributed by atoms with Gasteiger partial charge in [-0.1, -0.05) is 48.0 Å². The van der Waals surface area contributed by atoms with E-state index in [9.17, 15) is 4.79 Å². The van der Waals surface area contributed by atoms with Crippen LogP contribution in [0.4, 0.5) is 0 Å². The molecule has 0 N–H and O–H groups in total. The lowest BCUT2D eigenvalue weighted by Crippen LogP contribution is -2.27. The van der Waals surface area contributed by atoms with Crippen molar-refractivity contribution < 1.29 is 4.79 Å². The number of rotatable bonds is 7. The van der Waals surface area contributed by atoms with Gasteiger partial charge >= 0.3 is 0 Å². The maximum Gasteiger partial charge on any atom is 0.232 e. The minimum atomic E-state index is 0.0921. The molecule has 0 aliphatic heterocycles. The molecule has 6 heteroatoms. The van der Waals surface area contributed by atoms with Gasteiger partial charge in [-0.05, 0) is 23.8 Å². The van der Waals surface area contributed by atoms with E-state index in [1.165, 1.54) is 0 Å². The van der Waals surface area contributed by atoms with E-state index in [1.54, 1.807) is 22.9 Å². The van der Waals surface area contributed by atoms with Crippen molar-refractivity contribution in [3.8, 4) is 5.69 Å². The maximum atomic E-state index is 12.3. The van der Waals surface area contributed by atoms with E-state index in [4.69, 9.17) is 11.6 Å². The molecule has 0 radical (unpaired) electrons. The minimum Gasteiger partial charge on any atom is -0.341 e. The maximum absolute atomic E-state index is 12.3. The van der Waals surface area contributed by atoms with Crippen LogP contribution in [0.15, 0.2) is 67.0 Å². The third-order valence-electron chi connectivity index (χ3n) is 3.94. The standard InChI is InChI=1S/C20H20ClN3OS/c1-23(20(25)15-26-14-17-7-5-6-10-19(17)21)12-16-11-22-24(13-16)18-8-3-2-4-9-18/h2-11,13H,12,14-15H2,1H3. The first-order chi connectivity index (χ1) is 12.6. The van der Waals surface area contributed by atoms with Crippen LogP contribution >= 0.6 is 23.4 Å². The second-order valence-electron chi connectivity index (χ2n) is 5.96. The van der Waals surface area contributed by atoms with E-state index < -0.39 is 0 Å². The molecule has 3 aromatic rings. The van der Waals surface area contributed by atoms with Gasteiger partial charge in [0.05, 0.1) is 17.6 Å². The number of thioether (sulfide) groups is 1. The summed E-state index contributed by atoms with van der Waals surface area (Å²) in [5.41, 5.74) is 3.06. The van der Waals surface area contributed by atoms with Gasteiger partial charge in [0, 0.05) is 36.1 Å². The molecule has 3 rings (SSSR count). The van der Waals surface area contributed by atoms with E-state index in [0.29, 0.717) is 12.3 Å². The number of para-hydroxylation sites is 1. The Balaban J connectivity index is 1.50. The van der Waals surface area contributed by atoms with E-state index in [2.05, 4.69) is 5.10 Å². The summed E-state index contributed by atoms with van der Waals surface area (Å²) in [4.78, 5) is 14.1. The Morgan fingerprint density at radius 1 is 1.15 bits per heavy atom. The third-order valence-corrected chi connectivity index (χ3v) is 5.28. The van der Waals surface area contributed by atoms with Crippen molar-refractivity contribution in [2.75, 3.05) is 12.8 Å². The Morgan fingerprint density at radius 2 is 1.88 bits per heavy atom. The van der Waals surface area contributed by atoms with E-state index >= 15 is 0 Å². The molecule has 0 bridgehead atoms. The lowest BCUT2D eigenvalue weighted by Gasteiger charge is -2.16. The van der Waals surface area contributed by atoms with Gasteiger partial charge in [-0.25, -0.2) is 4.68 Å². The number of benzene rings is 2. The summed E-state index contributed by atoms with van der Waals surface area (Å²) in [5, 5.41) is 5.11. The van der Waals surface area contributed by atoms with E-state index in [1.807, 2.05) is 72.5 Å². The van der Waals surface area contributed by atoms with Crippen molar-refractivity contribution in [2.24, 2.45) is 0 Å². The molecule has 0 spiro atoms. The molecule has 0 aliphatic rings. The lowest BCUT2D eigenvalue weighted by molar-refractivity contribution is -0.127. The lowest BCUT2D eigenvalue weighted by atomic mass is 10.2. The SMILES string of the molecule is CN(Cc1cnn(-c2ccccc2)c1)C(=O)CSCc1ccccc1Cl. The van der Waals surface area contributed by atoms with Crippen molar-refractivity contribution in [1.82, 2.24) is 14.7 Å². The Labute approximate surface area is 162 Å². The first-order valence-corrected chi connectivity index (χ1v) is 9.81. The highest BCUT2D eigenvalue weighted by atomic mass is 35.5. The van der Waals surface area contributed by atoms with Crippen LogP contribution in [0, 0.1) is 0 Å². The summed E-state index contributed by atoms with van der Waals surface area (Å²) in [6.45, 7) is 0.540. The minimum absolute atomic E-state index is 0.0921. The number of carbonyl (C=O) groups excluding carboxylic acids is 1. The van der Waals surface area contributed by atoms with Gasteiger partial charge in [0.25, 0.3) is 0 Å². The Kier molecular flexibility index (Phi) is 6.36. The van der Waals surface area contributed by atoms with Gasteiger partial charge in [0.2, 0.25) is 5.91 Å². The fourth-order valence-corrected chi connectivity index (χ4v) is 3.75. The van der Waals surface area contributed by atoms with Crippen molar-refractivity contribution in [3.63, 3.8) is 0 Å². The summed E-state index contributed by atoms with van der Waals surface area (Å²) in [6.07, 6.45) is 3.75. The average molecular weight is 386 g/mol. The summed E-state index contributed by atoms with van der Waals surface area (Å²) >= 11 is 7.72. The number of halogens is 1. The zero-order valence-electron chi connectivity index (χ0n) is 14.5. The molecular formula is C20H20ClN3OS. The van der Waals surface area contributed by atoms with Crippen LogP contribution in [-0.2, 0) is 17.1 Å². The molecule has 1 aromatic heterocycles. The molecule has 0 aliphatic carbocycles. The van der Waals surface area contributed by atoms with Crippen LogP contribution in [0.25, 0.3) is 5.69 Å². The van der Waals surface area contributed by atoms with Crippen LogP contribution in [0.1, 0.15) is 11.1 Å². The number of hydrogen-bond donors (Lipinski definition) is 0. The largest absolute Gasteiger partial charge is 0.341 e. The molecule has 0 unspecified atom stereocenters. The molecule has 134 valence electrons. The number of nitrogens with zero attached hydrogens (tertiary/aromatic N) is 3. The smallest absolute Gasteiger partial charge is 0.232 e. The summed E-state index contributed by atoms with van der Waals surface area (Å²) in [5.74, 6) is 1.24. The van der Waals surface area contributed by atoms with Crippen molar-refractivity contribution in [3.05, 3.63) is 83.1 Å². The molecule has 4 nitrogen and oxygen atoms in total. The second kappa shape index (κ2) is 8.92. The molecule has 2 aromatic carbocycles. The molecule has 26 heavy (non-hydrogen) atoms. The van der Waals surface area contributed by atoms with Crippen LogP contribution in [-0.4, -0.2) is 33.4 Å². The summed E-state index contributed by atoms with van der Waals surface area (Å²) < 4.78 is 1.82. The van der Waals surface area contributed by atoms with Crippen molar-refractivity contribution in [1.29, 1.82) is 0 Å². The highest BCUT2D eigenvalue weighted by Crippen LogP contribution is 2.21. The highest BCUT2D eigenvalue weighted by Gasteiger charge is 2.11. The fraction of sp³-hybridized carbons (Fsp3) is 0.200. The molecule has 0 saturated carbocycles. The van der Waals surface area contributed by atoms with Gasteiger partial charge < -0.3 is 4.90 Å². The Morgan fingerprint density at radius 3 is 2.65 bits per heavy atom. The number of carbonyl (C=O) groups is 1. The van der Waals surface area contributed by atoms with Gasteiger partial charge in [-0.3, -0.25) is 4.79 Å². The van der Waals surface area contributed by atoms with Crippen LogP contribution in [0.2, 0.25) is 5.02 Å². The zero-order valence-corrected chi connectivity index (χ0v) is 16.1. The molecule has 0 fully saturated rings. The topological polar surface area (TPSA) is 38.1 Å². The van der Waals surface area contributed by atoms with E-state index in [-0.39, 0.29) is 5.91 Å². The Hall–Kier alpha value is -2.24. The monoisotopic (exact) mass is 385 g/mol. The van der Waals surface area contributed by atoms with Gasteiger partial charge in [-0.15, -0.1) is 11.8 Å². The highest BCUT2D eigenvalue weighted by molar-refractivity contribution is 7.99. The normalized spacial score (nSPS) is 10.7. The first-order valence-electron chi connectivity index (χ1n) is 8.27. The number of hydrogen-bond acceptors (Lipinski definition) is 3. The van der Waals surface area contributed by atoms with Gasteiger partial charge in [-0.2, -0.15) is 5.10 Å². The third kappa shape index (κ3) is 4.90. The predicted octanol–water partition coefficient (Wildman–Crippen LogP) is 4.42. The quantitative estimate of drug-likeness (QED) is 0.604. The number of amides is 1. The molecular weight excluding hydrogens is 366 g/mol. The summed E-state index contributed by atoms with van der Waals surface area (Å²) in [7, 11) is 1.82. The first kappa shape index (κ1) is 18.5. The molecule has 0 atom stereocenters. The average Bonchev–Trinajstić information content (AvgIpc) is 3.12. The molecule has 1 amide bonds. The van der Waals surface area contributed by atoms with Crippen LogP contribution in [0.5, 0.6) is 0 Å². The Bertz CT molecular complexity index is 866. The summed E-state index contributed by atoms with van der Waals surface area (Å²) in [6, 6.07) is 17.6. The fourth-order valence-electron chi connectivity index (χ4n) is 2.50. The second-order valence-corrected chi connectivity index (χ2v) is 7.36. The van der Waals surface area contributed by atoms with Crippen molar-refractivity contribution >= 4 is 29.3 Å². The predicted molar refractivity (Wildman–Crippen MR) is 108 cm³/mol. The van der Waals surface area contributed by atoms with Crippen molar-refractivity contribution in [2.45, 2.75) is 12.3 Å².